The highest BCUT2D eigenvalue weighted by Gasteiger charge is 2.32. The number of carbonyl (C=O) groups excluding carboxylic acids is 1. The normalized spacial score (nSPS) is 30.1. The van der Waals surface area contributed by atoms with Crippen molar-refractivity contribution in [1.82, 2.24) is 4.90 Å². The molecule has 1 heterocycles. The van der Waals surface area contributed by atoms with E-state index < -0.39 is 21.4 Å². The van der Waals surface area contributed by atoms with Crippen molar-refractivity contribution in [3.8, 4) is 0 Å². The summed E-state index contributed by atoms with van der Waals surface area (Å²) in [4.78, 5) is 13.2. The van der Waals surface area contributed by atoms with Crippen molar-refractivity contribution in [2.24, 2.45) is 0 Å². The second-order valence-corrected chi connectivity index (χ2v) is 7.58. The molecule has 0 aromatic carbocycles. The largest absolute Gasteiger partial charge is 0.444 e. The Kier molecular flexibility index (Phi) is 3.52. The van der Waals surface area contributed by atoms with Crippen molar-refractivity contribution in [2.75, 3.05) is 18.6 Å². The molecule has 1 N–H and O–H groups in total. The molecule has 0 saturated carbocycles. The maximum atomic E-state index is 11.7. The van der Waals surface area contributed by atoms with Gasteiger partial charge in [0.25, 0.3) is 0 Å². The van der Waals surface area contributed by atoms with Crippen LogP contribution in [0.1, 0.15) is 27.2 Å². The van der Waals surface area contributed by atoms with E-state index in [0.29, 0.717) is 12.2 Å². The van der Waals surface area contributed by atoms with Crippen molar-refractivity contribution in [2.45, 2.75) is 38.8 Å². The monoisotopic (exact) mass is 248 g/mol. The Hall–Kier alpha value is -0.780. The summed E-state index contributed by atoms with van der Waals surface area (Å²) >= 11 is 0. The summed E-state index contributed by atoms with van der Waals surface area (Å²) in [5.41, 5.74) is -0.522. The summed E-state index contributed by atoms with van der Waals surface area (Å²) < 4.78 is 24.2. The second kappa shape index (κ2) is 4.24. The first kappa shape index (κ1) is 13.3. The number of hydrogen-bond acceptors (Lipinski definition) is 4. The molecule has 1 saturated heterocycles. The van der Waals surface area contributed by atoms with Crippen LogP contribution in [0.5, 0.6) is 0 Å². The molecular formula is C10H20N2O3S. The maximum absolute atomic E-state index is 11.7. The van der Waals surface area contributed by atoms with Gasteiger partial charge >= 0.3 is 6.09 Å². The number of nitrogens with zero attached hydrogens (tertiary/aromatic N) is 1. The summed E-state index contributed by atoms with van der Waals surface area (Å²) in [5, 5.41) is 0. The van der Waals surface area contributed by atoms with Gasteiger partial charge in [-0.15, -0.1) is 0 Å². The second-order valence-electron chi connectivity index (χ2n) is 5.22. The van der Waals surface area contributed by atoms with E-state index in [1.54, 1.807) is 27.8 Å². The molecule has 5 nitrogen and oxygen atoms in total. The highest BCUT2D eigenvalue weighted by molar-refractivity contribution is 7.92. The fourth-order valence-corrected chi connectivity index (χ4v) is 3.42. The molecule has 0 bridgehead atoms. The van der Waals surface area contributed by atoms with Gasteiger partial charge in [-0.25, -0.2) is 9.00 Å². The molecule has 0 radical (unpaired) electrons. The van der Waals surface area contributed by atoms with Crippen LogP contribution in [-0.4, -0.2) is 45.4 Å². The first-order chi connectivity index (χ1) is 7.11. The fraction of sp³-hybridized carbons (Fsp3) is 0.900. The first-order valence-corrected chi connectivity index (χ1v) is 7.20. The first-order valence-electron chi connectivity index (χ1n) is 5.31. The zero-order chi connectivity index (χ0) is 12.6. The van der Waals surface area contributed by atoms with Gasteiger partial charge in [0.1, 0.15) is 5.60 Å². The molecule has 0 spiro atoms. The van der Waals surface area contributed by atoms with E-state index in [2.05, 4.69) is 0 Å². The van der Waals surface area contributed by atoms with Gasteiger partial charge in [0.15, 0.2) is 0 Å². The Morgan fingerprint density at radius 1 is 1.50 bits per heavy atom. The molecule has 16 heavy (non-hydrogen) atoms. The SMILES string of the molecule is CN(C(=O)OC(C)(C)C)C1CCS(=N)(=O)C1. The summed E-state index contributed by atoms with van der Waals surface area (Å²) in [6.45, 7) is 5.42. The standard InChI is InChI=1S/C10H20N2O3S/c1-10(2,3)15-9(13)12(4)8-5-6-16(11,14)7-8/h8,11H,5-7H2,1-4H3. The molecule has 1 amide bonds. The van der Waals surface area contributed by atoms with Crippen LogP contribution in [0.25, 0.3) is 0 Å². The molecule has 94 valence electrons. The van der Waals surface area contributed by atoms with Gasteiger partial charge in [-0.05, 0) is 27.2 Å². The molecule has 1 rings (SSSR count). The van der Waals surface area contributed by atoms with Gasteiger partial charge in [0.05, 0.1) is 5.75 Å². The fourth-order valence-electron chi connectivity index (χ4n) is 1.59. The molecule has 2 unspecified atom stereocenters. The van der Waals surface area contributed by atoms with Crippen molar-refractivity contribution >= 4 is 15.8 Å². The van der Waals surface area contributed by atoms with Gasteiger partial charge in [-0.3, -0.25) is 4.78 Å². The zero-order valence-corrected chi connectivity index (χ0v) is 11.1. The molecule has 0 aromatic rings. The molecular weight excluding hydrogens is 228 g/mol. The van der Waals surface area contributed by atoms with E-state index in [1.807, 2.05) is 0 Å². The molecule has 1 aliphatic rings. The van der Waals surface area contributed by atoms with Crippen LogP contribution in [-0.2, 0) is 14.5 Å². The summed E-state index contributed by atoms with van der Waals surface area (Å²) in [6, 6.07) is -0.125. The van der Waals surface area contributed by atoms with E-state index in [1.165, 1.54) is 4.90 Å². The van der Waals surface area contributed by atoms with Crippen molar-refractivity contribution in [3.05, 3.63) is 0 Å². The van der Waals surface area contributed by atoms with Crippen LogP contribution < -0.4 is 0 Å². The predicted molar refractivity (Wildman–Crippen MR) is 63.0 cm³/mol. The summed E-state index contributed by atoms with van der Waals surface area (Å²) in [7, 11) is -0.829. The average molecular weight is 248 g/mol. The smallest absolute Gasteiger partial charge is 0.410 e. The summed E-state index contributed by atoms with van der Waals surface area (Å²) in [5.74, 6) is 0.646. The van der Waals surface area contributed by atoms with E-state index in [-0.39, 0.29) is 11.8 Å². The van der Waals surface area contributed by atoms with Crippen molar-refractivity contribution in [1.29, 1.82) is 4.78 Å². The van der Waals surface area contributed by atoms with Crippen LogP contribution in [0.15, 0.2) is 0 Å². The minimum atomic E-state index is -2.47. The Balaban J connectivity index is 2.59. The topological polar surface area (TPSA) is 70.5 Å². The lowest BCUT2D eigenvalue weighted by molar-refractivity contribution is 0.0241. The number of amides is 1. The van der Waals surface area contributed by atoms with Gasteiger partial charge in [-0.2, -0.15) is 0 Å². The Bertz CT molecular complexity index is 370. The Morgan fingerprint density at radius 2 is 2.06 bits per heavy atom. The molecule has 6 heteroatoms. The number of nitrogens with one attached hydrogen (secondary N) is 1. The Morgan fingerprint density at radius 3 is 2.44 bits per heavy atom. The van der Waals surface area contributed by atoms with Gasteiger partial charge in [0, 0.05) is 28.6 Å². The summed E-state index contributed by atoms with van der Waals surface area (Å²) in [6.07, 6.45) is 0.215. The average Bonchev–Trinajstić information content (AvgIpc) is 2.41. The lowest BCUT2D eigenvalue weighted by Crippen LogP contribution is -2.41. The van der Waals surface area contributed by atoms with Crippen LogP contribution >= 0.6 is 0 Å². The van der Waals surface area contributed by atoms with Crippen LogP contribution in [0, 0.1) is 4.78 Å². The highest BCUT2D eigenvalue weighted by atomic mass is 32.2. The van der Waals surface area contributed by atoms with E-state index in [4.69, 9.17) is 9.52 Å². The van der Waals surface area contributed by atoms with Gasteiger partial charge in [0.2, 0.25) is 0 Å². The van der Waals surface area contributed by atoms with Crippen molar-refractivity contribution < 1.29 is 13.7 Å². The molecule has 1 aliphatic heterocycles. The minimum Gasteiger partial charge on any atom is -0.444 e. The number of ether oxygens (including phenoxy) is 1. The molecule has 0 aliphatic carbocycles. The van der Waals surface area contributed by atoms with E-state index >= 15 is 0 Å². The zero-order valence-electron chi connectivity index (χ0n) is 10.3. The molecule has 0 aromatic heterocycles. The third-order valence-electron chi connectivity index (χ3n) is 2.47. The van der Waals surface area contributed by atoms with Crippen LogP contribution in [0.4, 0.5) is 4.79 Å². The number of rotatable bonds is 1. The predicted octanol–water partition coefficient (Wildman–Crippen LogP) is 1.67. The maximum Gasteiger partial charge on any atom is 0.410 e. The third kappa shape index (κ3) is 3.66. The molecule has 1 fully saturated rings. The highest BCUT2D eigenvalue weighted by Crippen LogP contribution is 2.19. The van der Waals surface area contributed by atoms with Gasteiger partial charge in [-0.1, -0.05) is 0 Å². The number of carbonyl (C=O) groups is 1. The van der Waals surface area contributed by atoms with Crippen molar-refractivity contribution in [3.63, 3.8) is 0 Å². The minimum absolute atomic E-state index is 0.125. The van der Waals surface area contributed by atoms with E-state index in [9.17, 15) is 9.00 Å². The lowest BCUT2D eigenvalue weighted by Gasteiger charge is -2.27. The van der Waals surface area contributed by atoms with E-state index in [0.717, 1.165) is 0 Å². The quantitative estimate of drug-likeness (QED) is 0.767. The number of hydrogen-bond donors (Lipinski definition) is 1. The Labute approximate surface area is 97.1 Å². The lowest BCUT2D eigenvalue weighted by atomic mass is 10.2. The van der Waals surface area contributed by atoms with Crippen LogP contribution in [0.3, 0.4) is 0 Å². The van der Waals surface area contributed by atoms with Gasteiger partial charge < -0.3 is 9.64 Å². The molecule has 2 atom stereocenters. The van der Waals surface area contributed by atoms with Crippen LogP contribution in [0.2, 0.25) is 0 Å². The third-order valence-corrected chi connectivity index (χ3v) is 4.29.